The third kappa shape index (κ3) is 4.21. The number of carbonyl (C=O) groups is 1. The second-order valence-electron chi connectivity index (χ2n) is 2.28. The van der Waals surface area contributed by atoms with Gasteiger partial charge in [0.1, 0.15) is 0 Å². The van der Waals surface area contributed by atoms with Crippen LogP contribution in [-0.2, 0) is 4.79 Å². The lowest BCUT2D eigenvalue weighted by atomic mass is 10.8. The quantitative estimate of drug-likeness (QED) is 0.608. The summed E-state index contributed by atoms with van der Waals surface area (Å²) in [7, 11) is -0.850. The van der Waals surface area contributed by atoms with Gasteiger partial charge in [0, 0.05) is 14.8 Å². The Morgan fingerprint density at radius 1 is 1.44 bits per heavy atom. The van der Waals surface area contributed by atoms with Gasteiger partial charge in [-0.05, 0) is 0 Å². The highest BCUT2D eigenvalue weighted by Crippen LogP contribution is 2.03. The molecule has 54 valence electrons. The molecule has 0 saturated heterocycles. The lowest BCUT2D eigenvalue weighted by Crippen LogP contribution is -2.13. The zero-order valence-electron chi connectivity index (χ0n) is 6.05. The van der Waals surface area contributed by atoms with Crippen LogP contribution in [0.3, 0.4) is 0 Å². The second-order valence-corrected chi connectivity index (χ2v) is 6.05. The molecule has 0 fully saturated rings. The predicted octanol–water partition coefficient (Wildman–Crippen LogP) is 1.34. The highest BCUT2D eigenvalue weighted by Gasteiger charge is 2.08. The maximum absolute atomic E-state index is 10.2. The average Bonchev–Trinajstić information content (AvgIpc) is 1.82. The molecule has 0 aliphatic rings. The molecule has 0 saturated carbocycles. The Bertz CT molecular complexity index is 89.1. The van der Waals surface area contributed by atoms with E-state index in [0.717, 1.165) is 12.1 Å². The van der Waals surface area contributed by atoms with Crippen molar-refractivity contribution in [3.05, 3.63) is 0 Å². The average molecular weight is 146 g/mol. The minimum atomic E-state index is -0.850. The molecule has 0 aromatic heterocycles. The molecule has 0 aromatic rings. The summed E-state index contributed by atoms with van der Waals surface area (Å²) in [5, 5.41) is 8.38. The molecule has 0 aliphatic heterocycles. The Hall–Kier alpha value is -0.313. The van der Waals surface area contributed by atoms with Crippen molar-refractivity contribution in [2.75, 3.05) is 0 Å². The Kier molecular flexibility index (Phi) is 4.40. The van der Waals surface area contributed by atoms with Crippen molar-refractivity contribution in [2.45, 2.75) is 32.0 Å². The van der Waals surface area contributed by atoms with Crippen LogP contribution in [0, 0.1) is 0 Å². The predicted molar refractivity (Wildman–Crippen MR) is 40.6 cm³/mol. The maximum atomic E-state index is 10.2. The molecule has 3 heteroatoms. The molecule has 0 amide bonds. The van der Waals surface area contributed by atoms with Crippen LogP contribution in [0.5, 0.6) is 0 Å². The smallest absolute Gasteiger partial charge is 0.300 e. The van der Waals surface area contributed by atoms with Gasteiger partial charge in [0.2, 0.25) is 0 Å². The fourth-order valence-electron chi connectivity index (χ4n) is 0.824. The van der Waals surface area contributed by atoms with E-state index in [1.54, 1.807) is 0 Å². The van der Waals surface area contributed by atoms with Crippen molar-refractivity contribution >= 4 is 14.8 Å². The van der Waals surface area contributed by atoms with Crippen LogP contribution in [0.1, 0.15) is 13.8 Å². The molecule has 2 nitrogen and oxygen atoms in total. The number of aliphatic carboxylic acids is 1. The molecule has 0 bridgehead atoms. The Labute approximate surface area is 57.5 Å². The van der Waals surface area contributed by atoms with Crippen molar-refractivity contribution in [2.24, 2.45) is 0 Å². The molecule has 0 unspecified atom stereocenters. The second kappa shape index (κ2) is 4.55. The summed E-state index contributed by atoms with van der Waals surface area (Å²) in [4.78, 5) is 10.2. The number of carboxylic acid groups (broad SMARTS) is 1. The van der Waals surface area contributed by atoms with E-state index < -0.39 is 14.8 Å². The Morgan fingerprint density at radius 3 is 2.00 bits per heavy atom. The summed E-state index contributed by atoms with van der Waals surface area (Å²) in [6, 6.07) is 2.69. The SMILES string of the molecule is CC[SiH](CC)CC(=O)O. The van der Waals surface area contributed by atoms with Crippen LogP contribution >= 0.6 is 0 Å². The van der Waals surface area contributed by atoms with Gasteiger partial charge < -0.3 is 5.11 Å². The molecule has 0 atom stereocenters. The van der Waals surface area contributed by atoms with Crippen LogP contribution in [0.2, 0.25) is 18.1 Å². The van der Waals surface area contributed by atoms with Crippen molar-refractivity contribution in [1.29, 1.82) is 0 Å². The molecule has 0 spiro atoms. The maximum Gasteiger partial charge on any atom is 0.300 e. The van der Waals surface area contributed by atoms with Crippen molar-refractivity contribution < 1.29 is 9.90 Å². The van der Waals surface area contributed by atoms with Gasteiger partial charge in [-0.15, -0.1) is 0 Å². The van der Waals surface area contributed by atoms with Gasteiger partial charge in [0.25, 0.3) is 5.97 Å². The number of rotatable bonds is 4. The summed E-state index contributed by atoms with van der Waals surface area (Å²) in [6.07, 6.45) is 0. The molecular formula is C6H14O2Si. The van der Waals surface area contributed by atoms with E-state index in [-0.39, 0.29) is 0 Å². The van der Waals surface area contributed by atoms with Crippen LogP contribution in [-0.4, -0.2) is 19.9 Å². The third-order valence-electron chi connectivity index (χ3n) is 1.62. The van der Waals surface area contributed by atoms with E-state index in [0.29, 0.717) is 6.04 Å². The number of hydrogen-bond donors (Lipinski definition) is 1. The summed E-state index contributed by atoms with van der Waals surface area (Å²) < 4.78 is 0. The number of hydrogen-bond acceptors (Lipinski definition) is 1. The minimum absolute atomic E-state index is 0.465. The van der Waals surface area contributed by atoms with Crippen molar-refractivity contribution in [1.82, 2.24) is 0 Å². The van der Waals surface area contributed by atoms with Gasteiger partial charge in [-0.2, -0.15) is 0 Å². The van der Waals surface area contributed by atoms with Crippen LogP contribution in [0.25, 0.3) is 0 Å². The lowest BCUT2D eigenvalue weighted by molar-refractivity contribution is -0.134. The highest BCUT2D eigenvalue weighted by atomic mass is 28.3. The van der Waals surface area contributed by atoms with Crippen molar-refractivity contribution in [3.8, 4) is 0 Å². The molecule has 0 aromatic carbocycles. The summed E-state index contributed by atoms with van der Waals surface area (Å²) in [5.74, 6) is -0.615. The molecule has 0 radical (unpaired) electrons. The highest BCUT2D eigenvalue weighted by molar-refractivity contribution is 6.61. The molecule has 0 heterocycles. The molecule has 9 heavy (non-hydrogen) atoms. The first-order valence-corrected chi connectivity index (χ1v) is 5.87. The topological polar surface area (TPSA) is 37.3 Å². The summed E-state index contributed by atoms with van der Waals surface area (Å²) >= 11 is 0. The van der Waals surface area contributed by atoms with Crippen LogP contribution in [0.15, 0.2) is 0 Å². The lowest BCUT2D eigenvalue weighted by Gasteiger charge is -2.04. The van der Waals surface area contributed by atoms with E-state index in [2.05, 4.69) is 13.8 Å². The van der Waals surface area contributed by atoms with E-state index in [1.165, 1.54) is 0 Å². The first-order valence-electron chi connectivity index (χ1n) is 3.42. The largest absolute Gasteiger partial charge is 0.481 e. The number of carboxylic acids is 1. The molecule has 0 aliphatic carbocycles. The molecule has 0 rings (SSSR count). The van der Waals surface area contributed by atoms with Gasteiger partial charge in [-0.25, -0.2) is 0 Å². The Balaban J connectivity index is 3.43. The standard InChI is InChI=1S/C6H14O2Si/c1-3-9(4-2)5-6(7)8/h9H,3-5H2,1-2H3,(H,7,8). The zero-order chi connectivity index (χ0) is 7.28. The van der Waals surface area contributed by atoms with Gasteiger partial charge >= 0.3 is 0 Å². The van der Waals surface area contributed by atoms with E-state index in [4.69, 9.17) is 5.11 Å². The first kappa shape index (κ1) is 8.69. The van der Waals surface area contributed by atoms with E-state index >= 15 is 0 Å². The molecule has 1 N–H and O–H groups in total. The summed E-state index contributed by atoms with van der Waals surface area (Å²) in [6.45, 7) is 4.17. The van der Waals surface area contributed by atoms with E-state index in [9.17, 15) is 4.79 Å². The van der Waals surface area contributed by atoms with Crippen LogP contribution < -0.4 is 0 Å². The van der Waals surface area contributed by atoms with E-state index in [1.807, 2.05) is 0 Å². The van der Waals surface area contributed by atoms with Gasteiger partial charge in [-0.1, -0.05) is 25.9 Å². The monoisotopic (exact) mass is 146 g/mol. The van der Waals surface area contributed by atoms with Gasteiger partial charge in [0.15, 0.2) is 0 Å². The van der Waals surface area contributed by atoms with Gasteiger partial charge in [-0.3, -0.25) is 4.79 Å². The Morgan fingerprint density at radius 2 is 1.89 bits per heavy atom. The fourth-order valence-corrected chi connectivity index (χ4v) is 2.47. The fraction of sp³-hybridized carbons (Fsp3) is 0.833. The minimum Gasteiger partial charge on any atom is -0.481 e. The molecular weight excluding hydrogens is 132 g/mol. The first-order chi connectivity index (χ1) is 4.20. The van der Waals surface area contributed by atoms with Crippen molar-refractivity contribution in [3.63, 3.8) is 0 Å². The summed E-state index contributed by atoms with van der Waals surface area (Å²) in [5.41, 5.74) is 0. The van der Waals surface area contributed by atoms with Crippen LogP contribution in [0.4, 0.5) is 0 Å². The third-order valence-corrected chi connectivity index (χ3v) is 4.85. The zero-order valence-corrected chi connectivity index (χ0v) is 7.21. The normalized spacial score (nSPS) is 10.1. The van der Waals surface area contributed by atoms with Gasteiger partial charge in [0.05, 0.1) is 0 Å².